The number of nitrogens with zero attached hydrogens (tertiary/aromatic N) is 2. The number of halogens is 3. The molecule has 0 saturated carbocycles. The van der Waals surface area contributed by atoms with E-state index in [0.29, 0.717) is 5.88 Å². The summed E-state index contributed by atoms with van der Waals surface area (Å²) in [6, 6.07) is 12.2. The highest BCUT2D eigenvalue weighted by atomic mass is 79.9. The lowest BCUT2D eigenvalue weighted by Gasteiger charge is -2.11. The molecular formula is C15H11Br2ClN2. The van der Waals surface area contributed by atoms with Crippen LogP contribution in [0.2, 0.25) is 0 Å². The first-order valence-corrected chi connectivity index (χ1v) is 8.22. The van der Waals surface area contributed by atoms with E-state index in [1.807, 2.05) is 24.3 Å². The fourth-order valence-corrected chi connectivity index (χ4v) is 3.76. The second-order valence-electron chi connectivity index (χ2n) is 4.54. The highest BCUT2D eigenvalue weighted by Crippen LogP contribution is 2.31. The Labute approximate surface area is 139 Å². The average molecular weight is 415 g/mol. The highest BCUT2D eigenvalue weighted by molar-refractivity contribution is 9.11. The Bertz CT molecular complexity index is 796. The number of hydrogen-bond acceptors (Lipinski definition) is 1. The van der Waals surface area contributed by atoms with Crippen molar-refractivity contribution in [1.82, 2.24) is 9.55 Å². The minimum absolute atomic E-state index is 0.372. The fraction of sp³-hybridized carbons (Fsp3) is 0.133. The Kier molecular flexibility index (Phi) is 3.89. The monoisotopic (exact) mass is 412 g/mol. The van der Waals surface area contributed by atoms with Gasteiger partial charge >= 0.3 is 0 Å². The van der Waals surface area contributed by atoms with E-state index in [9.17, 15) is 0 Å². The molecular weight excluding hydrogens is 403 g/mol. The summed E-state index contributed by atoms with van der Waals surface area (Å²) in [6.45, 7) is 2.09. The van der Waals surface area contributed by atoms with E-state index in [0.717, 1.165) is 31.5 Å². The number of benzene rings is 2. The molecule has 0 radical (unpaired) electrons. The lowest BCUT2D eigenvalue weighted by atomic mass is 10.2. The summed E-state index contributed by atoms with van der Waals surface area (Å²) in [4.78, 5) is 4.63. The maximum absolute atomic E-state index is 6.08. The van der Waals surface area contributed by atoms with E-state index in [2.05, 4.69) is 60.5 Å². The van der Waals surface area contributed by atoms with Gasteiger partial charge in [0.1, 0.15) is 5.82 Å². The number of aryl methyl sites for hydroxylation is 1. The van der Waals surface area contributed by atoms with Crippen LogP contribution in [0.25, 0.3) is 16.7 Å². The number of para-hydroxylation sites is 1. The van der Waals surface area contributed by atoms with Gasteiger partial charge < -0.3 is 0 Å². The molecule has 3 rings (SSSR count). The molecule has 0 aliphatic carbocycles. The molecule has 1 aromatic heterocycles. The zero-order chi connectivity index (χ0) is 14.3. The highest BCUT2D eigenvalue weighted by Gasteiger charge is 2.15. The normalized spacial score (nSPS) is 11.2. The third-order valence-electron chi connectivity index (χ3n) is 3.22. The molecule has 2 aromatic carbocycles. The van der Waals surface area contributed by atoms with Gasteiger partial charge in [0.05, 0.1) is 22.6 Å². The van der Waals surface area contributed by atoms with Crippen molar-refractivity contribution >= 4 is 54.5 Å². The molecule has 5 heteroatoms. The Balaban J connectivity index is 2.39. The van der Waals surface area contributed by atoms with Gasteiger partial charge in [0.25, 0.3) is 0 Å². The van der Waals surface area contributed by atoms with Crippen LogP contribution in [-0.4, -0.2) is 9.55 Å². The van der Waals surface area contributed by atoms with Crippen LogP contribution in [0.5, 0.6) is 0 Å². The molecule has 1 heterocycles. The van der Waals surface area contributed by atoms with Crippen LogP contribution in [-0.2, 0) is 5.88 Å². The van der Waals surface area contributed by atoms with Gasteiger partial charge in [-0.1, -0.05) is 28.1 Å². The summed E-state index contributed by atoms with van der Waals surface area (Å²) in [6.07, 6.45) is 0. The second-order valence-corrected chi connectivity index (χ2v) is 6.57. The Morgan fingerprint density at radius 3 is 2.70 bits per heavy atom. The molecule has 0 saturated heterocycles. The van der Waals surface area contributed by atoms with E-state index in [1.165, 1.54) is 5.56 Å². The van der Waals surface area contributed by atoms with E-state index in [4.69, 9.17) is 11.6 Å². The Hall–Kier alpha value is -0.840. The third kappa shape index (κ3) is 2.30. The molecule has 0 fully saturated rings. The molecule has 0 amide bonds. The standard InChI is InChI=1S/C15H11Br2ClN2/c1-9-3-2-4-12-15(9)20(14(8-18)19-12)13-6-5-10(16)7-11(13)17/h2-7H,8H2,1H3. The zero-order valence-electron chi connectivity index (χ0n) is 10.7. The number of alkyl halides is 1. The van der Waals surface area contributed by atoms with Crippen LogP contribution in [0.1, 0.15) is 11.4 Å². The smallest absolute Gasteiger partial charge is 0.129 e. The van der Waals surface area contributed by atoms with E-state index < -0.39 is 0 Å². The maximum atomic E-state index is 6.08. The van der Waals surface area contributed by atoms with E-state index in [1.54, 1.807) is 0 Å². The summed E-state index contributed by atoms with van der Waals surface area (Å²) in [5.74, 6) is 1.22. The summed E-state index contributed by atoms with van der Waals surface area (Å²) in [5, 5.41) is 0. The maximum Gasteiger partial charge on any atom is 0.129 e. The van der Waals surface area contributed by atoms with Gasteiger partial charge in [0, 0.05) is 8.95 Å². The van der Waals surface area contributed by atoms with Crippen LogP contribution < -0.4 is 0 Å². The van der Waals surface area contributed by atoms with Crippen molar-refractivity contribution in [2.45, 2.75) is 12.8 Å². The number of fused-ring (bicyclic) bond motifs is 1. The number of rotatable bonds is 2. The predicted molar refractivity (Wildman–Crippen MR) is 90.8 cm³/mol. The molecule has 0 unspecified atom stereocenters. The first kappa shape index (κ1) is 14.1. The second kappa shape index (κ2) is 5.51. The van der Waals surface area contributed by atoms with Gasteiger partial charge in [-0.05, 0) is 52.7 Å². The molecule has 2 nitrogen and oxygen atoms in total. The van der Waals surface area contributed by atoms with E-state index in [-0.39, 0.29) is 0 Å². The fourth-order valence-electron chi connectivity index (χ4n) is 2.35. The largest absolute Gasteiger partial charge is 0.294 e. The summed E-state index contributed by atoms with van der Waals surface area (Å²) in [7, 11) is 0. The summed E-state index contributed by atoms with van der Waals surface area (Å²) < 4.78 is 4.15. The molecule has 0 bridgehead atoms. The first-order chi connectivity index (χ1) is 9.61. The van der Waals surface area contributed by atoms with Crippen LogP contribution in [0.4, 0.5) is 0 Å². The lowest BCUT2D eigenvalue weighted by molar-refractivity contribution is 0.974. The number of aromatic nitrogens is 2. The third-order valence-corrected chi connectivity index (χ3v) is 4.59. The van der Waals surface area contributed by atoms with Gasteiger partial charge in [-0.3, -0.25) is 4.57 Å². The zero-order valence-corrected chi connectivity index (χ0v) is 14.6. The van der Waals surface area contributed by atoms with Crippen LogP contribution >= 0.6 is 43.5 Å². The van der Waals surface area contributed by atoms with Crippen LogP contribution in [0, 0.1) is 6.92 Å². The molecule has 3 aromatic rings. The van der Waals surface area contributed by atoms with Crippen molar-refractivity contribution in [3.8, 4) is 5.69 Å². The van der Waals surface area contributed by atoms with Crippen molar-refractivity contribution < 1.29 is 0 Å². The van der Waals surface area contributed by atoms with Gasteiger partial charge in [-0.25, -0.2) is 4.98 Å². The molecule has 0 aliphatic rings. The number of imidazole rings is 1. The van der Waals surface area contributed by atoms with Crippen molar-refractivity contribution in [3.05, 3.63) is 56.7 Å². The Morgan fingerprint density at radius 1 is 1.20 bits per heavy atom. The number of hydrogen-bond donors (Lipinski definition) is 0. The van der Waals surface area contributed by atoms with Crippen molar-refractivity contribution in [2.24, 2.45) is 0 Å². The van der Waals surface area contributed by atoms with Gasteiger partial charge in [0.2, 0.25) is 0 Å². The quantitative estimate of drug-likeness (QED) is 0.499. The summed E-state index contributed by atoms with van der Waals surface area (Å²) >= 11 is 13.2. The van der Waals surface area contributed by atoms with Gasteiger partial charge in [-0.2, -0.15) is 0 Å². The van der Waals surface area contributed by atoms with Crippen LogP contribution in [0.3, 0.4) is 0 Å². The molecule has 0 atom stereocenters. The van der Waals surface area contributed by atoms with E-state index >= 15 is 0 Å². The SMILES string of the molecule is Cc1cccc2nc(CCl)n(-c3ccc(Br)cc3Br)c12. The molecule has 0 N–H and O–H groups in total. The van der Waals surface area contributed by atoms with Crippen LogP contribution in [0.15, 0.2) is 45.3 Å². The van der Waals surface area contributed by atoms with Crippen molar-refractivity contribution in [1.29, 1.82) is 0 Å². The molecule has 0 aliphatic heterocycles. The van der Waals surface area contributed by atoms with Gasteiger partial charge in [0.15, 0.2) is 0 Å². The Morgan fingerprint density at radius 2 is 2.00 bits per heavy atom. The molecule has 102 valence electrons. The lowest BCUT2D eigenvalue weighted by Crippen LogP contribution is -2.01. The topological polar surface area (TPSA) is 17.8 Å². The predicted octanol–water partition coefficient (Wildman–Crippen LogP) is 5.60. The van der Waals surface area contributed by atoms with Gasteiger partial charge in [-0.15, -0.1) is 11.6 Å². The minimum Gasteiger partial charge on any atom is -0.294 e. The van der Waals surface area contributed by atoms with Crippen molar-refractivity contribution in [2.75, 3.05) is 0 Å². The minimum atomic E-state index is 0.372. The first-order valence-electron chi connectivity index (χ1n) is 6.10. The average Bonchev–Trinajstić information content (AvgIpc) is 2.79. The molecule has 0 spiro atoms. The van der Waals surface area contributed by atoms with Crippen molar-refractivity contribution in [3.63, 3.8) is 0 Å². The summed E-state index contributed by atoms with van der Waals surface area (Å²) in [5.41, 5.74) is 4.29. The molecule has 20 heavy (non-hydrogen) atoms.